The second kappa shape index (κ2) is 6.67. The molecule has 0 radical (unpaired) electrons. The van der Waals surface area contributed by atoms with Gasteiger partial charge in [0, 0.05) is 23.6 Å². The van der Waals surface area contributed by atoms with Crippen molar-refractivity contribution >= 4 is 17.5 Å². The van der Waals surface area contributed by atoms with Gasteiger partial charge in [-0.1, -0.05) is 29.8 Å². The predicted molar refractivity (Wildman–Crippen MR) is 85.4 cm³/mol. The van der Waals surface area contributed by atoms with Gasteiger partial charge in [0.2, 0.25) is 5.91 Å². The van der Waals surface area contributed by atoms with Crippen molar-refractivity contribution in [3.05, 3.63) is 70.2 Å². The van der Waals surface area contributed by atoms with Gasteiger partial charge < -0.3 is 5.32 Å². The van der Waals surface area contributed by atoms with Crippen molar-refractivity contribution < 1.29 is 13.6 Å². The van der Waals surface area contributed by atoms with E-state index < -0.39 is 11.6 Å². The number of hydrogen-bond donors (Lipinski definition) is 1. The van der Waals surface area contributed by atoms with Crippen molar-refractivity contribution in [3.63, 3.8) is 0 Å². The summed E-state index contributed by atoms with van der Waals surface area (Å²) in [5.74, 6) is -1.15. The summed E-state index contributed by atoms with van der Waals surface area (Å²) in [6, 6.07) is 10.9. The molecule has 2 nitrogen and oxygen atoms in total. The Labute approximate surface area is 138 Å². The molecule has 0 bridgehead atoms. The van der Waals surface area contributed by atoms with Crippen molar-refractivity contribution in [1.29, 1.82) is 0 Å². The van der Waals surface area contributed by atoms with Gasteiger partial charge in [-0.2, -0.15) is 0 Å². The summed E-state index contributed by atoms with van der Waals surface area (Å²) in [7, 11) is 0. The summed E-state index contributed by atoms with van der Waals surface area (Å²) in [6.45, 7) is 0.355. The number of amides is 1. The molecule has 0 aliphatic heterocycles. The largest absolute Gasteiger partial charge is 0.356 e. The molecular weight excluding hydrogens is 320 g/mol. The number of nitrogens with one attached hydrogen (secondary N) is 1. The summed E-state index contributed by atoms with van der Waals surface area (Å²) in [6.07, 6.45) is 1.17. The third-order valence-corrected chi connectivity index (χ3v) is 4.41. The molecule has 1 N–H and O–H groups in total. The minimum absolute atomic E-state index is 0.0354. The molecule has 2 atom stereocenters. The molecule has 120 valence electrons. The molecule has 1 fully saturated rings. The minimum atomic E-state index is -0.604. The molecule has 23 heavy (non-hydrogen) atoms. The van der Waals surface area contributed by atoms with Crippen LogP contribution in [0.15, 0.2) is 42.5 Å². The highest BCUT2D eigenvalue weighted by molar-refractivity contribution is 6.31. The normalized spacial score (nSPS) is 19.4. The van der Waals surface area contributed by atoms with Crippen LogP contribution in [-0.2, 0) is 11.2 Å². The molecule has 1 saturated carbocycles. The van der Waals surface area contributed by atoms with Crippen molar-refractivity contribution in [2.45, 2.75) is 18.8 Å². The summed E-state index contributed by atoms with van der Waals surface area (Å²) in [4.78, 5) is 12.1. The van der Waals surface area contributed by atoms with Crippen molar-refractivity contribution in [1.82, 2.24) is 5.32 Å². The molecule has 0 saturated heterocycles. The van der Waals surface area contributed by atoms with Gasteiger partial charge in [-0.3, -0.25) is 4.79 Å². The van der Waals surface area contributed by atoms with E-state index in [2.05, 4.69) is 5.32 Å². The third kappa shape index (κ3) is 3.88. The second-order valence-corrected chi connectivity index (χ2v) is 6.20. The molecule has 1 aliphatic carbocycles. The lowest BCUT2D eigenvalue weighted by Gasteiger charge is -2.06. The number of hydrogen-bond acceptors (Lipinski definition) is 1. The molecule has 0 aromatic heterocycles. The van der Waals surface area contributed by atoms with Gasteiger partial charge in [-0.05, 0) is 48.1 Å². The lowest BCUT2D eigenvalue weighted by molar-refractivity contribution is -0.122. The van der Waals surface area contributed by atoms with Crippen molar-refractivity contribution in [2.24, 2.45) is 5.92 Å². The molecule has 0 heterocycles. The zero-order valence-corrected chi connectivity index (χ0v) is 13.1. The first kappa shape index (κ1) is 15.9. The van der Waals surface area contributed by atoms with E-state index in [1.807, 2.05) is 24.3 Å². The number of carbonyl (C=O) groups excluding carboxylic acids is 1. The van der Waals surface area contributed by atoms with Crippen LogP contribution in [0, 0.1) is 17.6 Å². The van der Waals surface area contributed by atoms with E-state index in [1.165, 1.54) is 12.1 Å². The standard InChI is InChI=1S/C18H16ClF2NO/c19-17-4-2-1-3-14(17)15-10-16(15)18(23)22-6-5-11-7-12(20)9-13(21)8-11/h1-4,7-9,15-16H,5-6,10H2,(H,22,23). The van der Waals surface area contributed by atoms with Gasteiger partial charge in [0.25, 0.3) is 0 Å². The van der Waals surface area contributed by atoms with Crippen LogP contribution < -0.4 is 5.32 Å². The smallest absolute Gasteiger partial charge is 0.223 e. The minimum Gasteiger partial charge on any atom is -0.356 e. The summed E-state index contributed by atoms with van der Waals surface area (Å²) < 4.78 is 26.2. The van der Waals surface area contributed by atoms with Crippen LogP contribution in [0.1, 0.15) is 23.5 Å². The fourth-order valence-electron chi connectivity index (χ4n) is 2.82. The van der Waals surface area contributed by atoms with E-state index in [0.717, 1.165) is 18.1 Å². The lowest BCUT2D eigenvalue weighted by atomic mass is 10.1. The van der Waals surface area contributed by atoms with Crippen LogP contribution in [0.4, 0.5) is 8.78 Å². The summed E-state index contributed by atoms with van der Waals surface area (Å²) in [5.41, 5.74) is 1.53. The van der Waals surface area contributed by atoms with E-state index in [9.17, 15) is 13.6 Å². The van der Waals surface area contributed by atoms with Crippen LogP contribution in [0.2, 0.25) is 5.02 Å². The first-order valence-electron chi connectivity index (χ1n) is 7.51. The Bertz CT molecular complexity index is 714. The number of rotatable bonds is 5. The Morgan fingerprint density at radius 1 is 1.17 bits per heavy atom. The van der Waals surface area contributed by atoms with Crippen LogP contribution >= 0.6 is 11.6 Å². The monoisotopic (exact) mass is 335 g/mol. The second-order valence-electron chi connectivity index (χ2n) is 5.79. The van der Waals surface area contributed by atoms with Gasteiger partial charge in [-0.15, -0.1) is 0 Å². The fourth-order valence-corrected chi connectivity index (χ4v) is 3.10. The van der Waals surface area contributed by atoms with Crippen molar-refractivity contribution in [2.75, 3.05) is 6.54 Å². The molecule has 2 aromatic rings. The van der Waals surface area contributed by atoms with E-state index in [-0.39, 0.29) is 17.7 Å². The fraction of sp³-hybridized carbons (Fsp3) is 0.278. The highest BCUT2D eigenvalue weighted by Crippen LogP contribution is 2.49. The molecule has 5 heteroatoms. The SMILES string of the molecule is O=C(NCCc1cc(F)cc(F)c1)C1CC1c1ccccc1Cl. The molecule has 1 aliphatic rings. The van der Waals surface area contributed by atoms with E-state index >= 15 is 0 Å². The number of benzene rings is 2. The third-order valence-electron chi connectivity index (χ3n) is 4.07. The zero-order valence-electron chi connectivity index (χ0n) is 12.4. The molecule has 2 unspecified atom stereocenters. The topological polar surface area (TPSA) is 29.1 Å². The summed E-state index contributed by atoms with van der Waals surface area (Å²) >= 11 is 6.14. The quantitative estimate of drug-likeness (QED) is 0.876. The van der Waals surface area contributed by atoms with Gasteiger partial charge in [-0.25, -0.2) is 8.78 Å². The maximum absolute atomic E-state index is 13.1. The Morgan fingerprint density at radius 3 is 2.57 bits per heavy atom. The van der Waals surface area contributed by atoms with E-state index in [4.69, 9.17) is 11.6 Å². The van der Waals surface area contributed by atoms with Gasteiger partial charge in [0.1, 0.15) is 11.6 Å². The van der Waals surface area contributed by atoms with Gasteiger partial charge in [0.05, 0.1) is 0 Å². The van der Waals surface area contributed by atoms with Gasteiger partial charge in [0.15, 0.2) is 0 Å². The first-order chi connectivity index (χ1) is 11.0. The average Bonchev–Trinajstić information content (AvgIpc) is 3.27. The summed E-state index contributed by atoms with van der Waals surface area (Å²) in [5, 5.41) is 3.51. The Kier molecular flexibility index (Phi) is 4.62. The first-order valence-corrected chi connectivity index (χ1v) is 7.89. The van der Waals surface area contributed by atoms with Crippen LogP contribution in [0.5, 0.6) is 0 Å². The average molecular weight is 336 g/mol. The van der Waals surface area contributed by atoms with Crippen LogP contribution in [0.25, 0.3) is 0 Å². The van der Waals surface area contributed by atoms with Crippen molar-refractivity contribution in [3.8, 4) is 0 Å². The van der Waals surface area contributed by atoms with E-state index in [1.54, 1.807) is 0 Å². The number of halogens is 3. The molecule has 0 spiro atoms. The van der Waals surface area contributed by atoms with E-state index in [0.29, 0.717) is 23.6 Å². The maximum atomic E-state index is 13.1. The maximum Gasteiger partial charge on any atom is 0.223 e. The highest BCUT2D eigenvalue weighted by Gasteiger charge is 2.44. The highest BCUT2D eigenvalue weighted by atomic mass is 35.5. The Morgan fingerprint density at radius 2 is 1.87 bits per heavy atom. The number of carbonyl (C=O) groups is 1. The Hall–Kier alpha value is -1.94. The lowest BCUT2D eigenvalue weighted by Crippen LogP contribution is -2.27. The predicted octanol–water partition coefficient (Wildman–Crippen LogP) is 4.08. The molecule has 1 amide bonds. The van der Waals surface area contributed by atoms with Crippen LogP contribution in [-0.4, -0.2) is 12.5 Å². The molecule has 3 rings (SSSR count). The zero-order chi connectivity index (χ0) is 16.4. The van der Waals surface area contributed by atoms with Crippen LogP contribution in [0.3, 0.4) is 0 Å². The molecular formula is C18H16ClF2NO. The Balaban J connectivity index is 1.50. The van der Waals surface area contributed by atoms with Gasteiger partial charge >= 0.3 is 0 Å². The molecule has 2 aromatic carbocycles.